The minimum absolute atomic E-state index is 0.0416. The molecule has 0 fully saturated rings. The van der Waals surface area contributed by atoms with Crippen molar-refractivity contribution in [1.29, 1.82) is 0 Å². The van der Waals surface area contributed by atoms with Gasteiger partial charge in [-0.3, -0.25) is 4.79 Å². The number of nitrogens with one attached hydrogen (secondary N) is 3. The number of halogens is 2. The van der Waals surface area contributed by atoms with Crippen molar-refractivity contribution in [3.05, 3.63) is 89.5 Å². The standard InChI is InChI=1S/C24H23F2N3O3/c1-16-4-2-6-19(12-16)28-24(31)29-20-7-3-5-18(13-20)15-27-22(30)14-17-8-10-21(11-9-17)32-23(25)26/h2-13,23H,14-15H2,1H3,(H,27,30)(H2,28,29,31). The minimum atomic E-state index is -2.89. The lowest BCUT2D eigenvalue weighted by atomic mass is 10.1. The minimum Gasteiger partial charge on any atom is -0.435 e. The Kier molecular flexibility index (Phi) is 7.75. The van der Waals surface area contributed by atoms with Crippen LogP contribution in [0.2, 0.25) is 0 Å². The summed E-state index contributed by atoms with van der Waals surface area (Å²) in [5.41, 5.74) is 3.81. The molecule has 6 nitrogen and oxygen atoms in total. The Bertz CT molecular complexity index is 1070. The van der Waals surface area contributed by atoms with Crippen molar-refractivity contribution in [1.82, 2.24) is 5.32 Å². The van der Waals surface area contributed by atoms with Crippen molar-refractivity contribution in [2.45, 2.75) is 26.5 Å². The SMILES string of the molecule is Cc1cccc(NC(=O)Nc2cccc(CNC(=O)Cc3ccc(OC(F)F)cc3)c2)c1. The van der Waals surface area contributed by atoms with Crippen LogP contribution in [-0.4, -0.2) is 18.5 Å². The Hall–Kier alpha value is -3.94. The van der Waals surface area contributed by atoms with Crippen molar-refractivity contribution in [2.24, 2.45) is 0 Å². The van der Waals surface area contributed by atoms with Crippen LogP contribution in [0.5, 0.6) is 5.75 Å². The third kappa shape index (κ3) is 7.39. The second-order valence-corrected chi connectivity index (χ2v) is 7.12. The molecule has 0 aliphatic carbocycles. The quantitative estimate of drug-likeness (QED) is 0.457. The predicted molar refractivity (Wildman–Crippen MR) is 119 cm³/mol. The van der Waals surface area contributed by atoms with Gasteiger partial charge < -0.3 is 20.7 Å². The number of ether oxygens (including phenoxy) is 1. The normalized spacial score (nSPS) is 10.5. The highest BCUT2D eigenvalue weighted by Crippen LogP contribution is 2.16. The Morgan fingerprint density at radius 3 is 2.19 bits per heavy atom. The van der Waals surface area contributed by atoms with Crippen molar-refractivity contribution >= 4 is 23.3 Å². The van der Waals surface area contributed by atoms with Crippen LogP contribution in [0.1, 0.15) is 16.7 Å². The van der Waals surface area contributed by atoms with Gasteiger partial charge in [-0.1, -0.05) is 36.4 Å². The molecule has 0 saturated heterocycles. The molecule has 3 aromatic carbocycles. The van der Waals surface area contributed by atoms with Crippen molar-refractivity contribution in [3.8, 4) is 5.75 Å². The van der Waals surface area contributed by atoms with Crippen LogP contribution in [-0.2, 0) is 17.8 Å². The smallest absolute Gasteiger partial charge is 0.387 e. The number of hydrogen-bond acceptors (Lipinski definition) is 3. The number of aryl methyl sites for hydroxylation is 1. The highest BCUT2D eigenvalue weighted by Gasteiger charge is 2.08. The predicted octanol–water partition coefficient (Wildman–Crippen LogP) is 5.10. The van der Waals surface area contributed by atoms with E-state index in [1.807, 2.05) is 31.2 Å². The second kappa shape index (κ2) is 10.9. The summed E-state index contributed by atoms with van der Waals surface area (Å²) in [5.74, 6) is -0.178. The molecule has 0 aromatic heterocycles. The molecule has 0 bridgehead atoms. The molecule has 166 valence electrons. The van der Waals surface area contributed by atoms with Crippen LogP contribution in [0, 0.1) is 6.92 Å². The lowest BCUT2D eigenvalue weighted by Crippen LogP contribution is -2.24. The third-order valence-electron chi connectivity index (χ3n) is 4.46. The summed E-state index contributed by atoms with van der Waals surface area (Å²) in [6.45, 7) is -0.666. The molecule has 0 heterocycles. The van der Waals surface area contributed by atoms with E-state index in [1.54, 1.807) is 36.4 Å². The number of anilines is 2. The van der Waals surface area contributed by atoms with Gasteiger partial charge in [-0.25, -0.2) is 4.79 Å². The first-order valence-electron chi connectivity index (χ1n) is 9.91. The van der Waals surface area contributed by atoms with Gasteiger partial charge in [0.1, 0.15) is 5.75 Å². The summed E-state index contributed by atoms with van der Waals surface area (Å²) in [7, 11) is 0. The lowest BCUT2D eigenvalue weighted by molar-refractivity contribution is -0.120. The molecule has 0 atom stereocenters. The van der Waals surface area contributed by atoms with E-state index in [2.05, 4.69) is 20.7 Å². The molecule has 3 aromatic rings. The third-order valence-corrected chi connectivity index (χ3v) is 4.46. The Morgan fingerprint density at radius 2 is 1.53 bits per heavy atom. The molecule has 0 aliphatic rings. The summed E-state index contributed by atoms with van der Waals surface area (Å²) in [5, 5.41) is 8.34. The van der Waals surface area contributed by atoms with Crippen molar-refractivity contribution < 1.29 is 23.1 Å². The molecule has 32 heavy (non-hydrogen) atoms. The number of carbonyl (C=O) groups excluding carboxylic acids is 2. The zero-order valence-corrected chi connectivity index (χ0v) is 17.4. The van der Waals surface area contributed by atoms with E-state index >= 15 is 0 Å². The zero-order chi connectivity index (χ0) is 22.9. The van der Waals surface area contributed by atoms with Crippen LogP contribution in [0.3, 0.4) is 0 Å². The summed E-state index contributed by atoms with van der Waals surface area (Å²) < 4.78 is 28.7. The highest BCUT2D eigenvalue weighted by molar-refractivity contribution is 5.99. The van der Waals surface area contributed by atoms with Gasteiger partial charge in [-0.2, -0.15) is 8.78 Å². The van der Waals surface area contributed by atoms with E-state index in [4.69, 9.17) is 0 Å². The average Bonchev–Trinajstić information content (AvgIpc) is 2.73. The number of rotatable bonds is 8. The molecule has 3 amide bonds. The maximum atomic E-state index is 12.2. The van der Waals surface area contributed by atoms with Crippen molar-refractivity contribution in [2.75, 3.05) is 10.6 Å². The van der Waals surface area contributed by atoms with Gasteiger partial charge in [0, 0.05) is 17.9 Å². The van der Waals surface area contributed by atoms with E-state index in [-0.39, 0.29) is 30.7 Å². The number of carbonyl (C=O) groups is 2. The van der Waals surface area contributed by atoms with E-state index in [9.17, 15) is 18.4 Å². The van der Waals surface area contributed by atoms with Gasteiger partial charge in [0.25, 0.3) is 0 Å². The molecule has 0 unspecified atom stereocenters. The van der Waals surface area contributed by atoms with Crippen LogP contribution in [0.15, 0.2) is 72.8 Å². The van der Waals surface area contributed by atoms with Crippen LogP contribution in [0.25, 0.3) is 0 Å². The van der Waals surface area contributed by atoms with Gasteiger partial charge in [0.2, 0.25) is 5.91 Å². The Balaban J connectivity index is 1.48. The average molecular weight is 439 g/mol. The molecule has 8 heteroatoms. The number of benzene rings is 3. The second-order valence-electron chi connectivity index (χ2n) is 7.12. The first-order valence-corrected chi connectivity index (χ1v) is 9.91. The van der Waals surface area contributed by atoms with E-state index in [0.717, 1.165) is 11.1 Å². The Labute approximate surface area is 184 Å². The molecule has 3 N–H and O–H groups in total. The van der Waals surface area contributed by atoms with E-state index < -0.39 is 6.61 Å². The van der Waals surface area contributed by atoms with Crippen molar-refractivity contribution in [3.63, 3.8) is 0 Å². The van der Waals surface area contributed by atoms with Crippen LogP contribution in [0.4, 0.5) is 25.0 Å². The lowest BCUT2D eigenvalue weighted by Gasteiger charge is -2.10. The van der Waals surface area contributed by atoms with E-state index in [0.29, 0.717) is 16.9 Å². The summed E-state index contributed by atoms with van der Waals surface area (Å²) in [6, 6.07) is 20.2. The fourth-order valence-electron chi connectivity index (χ4n) is 3.01. The molecular weight excluding hydrogens is 416 g/mol. The monoisotopic (exact) mass is 439 g/mol. The van der Waals surface area contributed by atoms with Gasteiger partial charge in [-0.15, -0.1) is 0 Å². The van der Waals surface area contributed by atoms with Crippen LogP contribution >= 0.6 is 0 Å². The molecule has 0 spiro atoms. The molecular formula is C24H23F2N3O3. The van der Waals surface area contributed by atoms with Gasteiger partial charge in [0.05, 0.1) is 6.42 Å². The number of hydrogen-bond donors (Lipinski definition) is 3. The molecule has 0 aliphatic heterocycles. The number of alkyl halides is 2. The summed E-state index contributed by atoms with van der Waals surface area (Å²) in [6.07, 6.45) is 0.103. The molecule has 0 saturated carbocycles. The highest BCUT2D eigenvalue weighted by atomic mass is 19.3. The van der Waals surface area contributed by atoms with E-state index in [1.165, 1.54) is 12.1 Å². The maximum Gasteiger partial charge on any atom is 0.387 e. The van der Waals surface area contributed by atoms with Gasteiger partial charge >= 0.3 is 12.6 Å². The Morgan fingerprint density at radius 1 is 0.875 bits per heavy atom. The summed E-state index contributed by atoms with van der Waals surface area (Å²) in [4.78, 5) is 24.4. The molecule has 3 rings (SSSR count). The first kappa shape index (κ1) is 22.7. The largest absolute Gasteiger partial charge is 0.435 e. The number of amides is 3. The van der Waals surface area contributed by atoms with Gasteiger partial charge in [0.15, 0.2) is 0 Å². The fraction of sp³-hybridized carbons (Fsp3) is 0.167. The summed E-state index contributed by atoms with van der Waals surface area (Å²) >= 11 is 0. The zero-order valence-electron chi connectivity index (χ0n) is 17.4. The maximum absolute atomic E-state index is 12.2. The topological polar surface area (TPSA) is 79.5 Å². The molecule has 0 radical (unpaired) electrons. The number of urea groups is 1. The first-order chi connectivity index (χ1) is 15.4. The van der Waals surface area contributed by atoms with Gasteiger partial charge in [-0.05, 0) is 60.0 Å². The fourth-order valence-corrected chi connectivity index (χ4v) is 3.01. The van der Waals surface area contributed by atoms with Crippen LogP contribution < -0.4 is 20.7 Å².